The molecule has 2 aliphatic rings. The number of nitrogens with zero attached hydrogens (tertiary/aromatic N) is 2. The Balaban J connectivity index is 1.55. The van der Waals surface area contributed by atoms with Gasteiger partial charge in [-0.2, -0.15) is 0 Å². The van der Waals surface area contributed by atoms with Gasteiger partial charge in [0.1, 0.15) is 17.7 Å². The molecule has 2 N–H and O–H groups in total. The van der Waals surface area contributed by atoms with Gasteiger partial charge in [-0.25, -0.2) is 18.8 Å². The summed E-state index contributed by atoms with van der Waals surface area (Å²) in [6, 6.07) is 10.3. The van der Waals surface area contributed by atoms with Crippen LogP contribution in [0.5, 0.6) is 0 Å². The van der Waals surface area contributed by atoms with Gasteiger partial charge in [0.2, 0.25) is 5.96 Å². The van der Waals surface area contributed by atoms with Crippen molar-refractivity contribution in [1.29, 1.82) is 0 Å². The predicted octanol–water partition coefficient (Wildman–Crippen LogP) is 4.69. The third-order valence-corrected chi connectivity index (χ3v) is 5.93. The monoisotopic (exact) mass is 410 g/mol. The van der Waals surface area contributed by atoms with Gasteiger partial charge in [-0.15, -0.1) is 0 Å². The van der Waals surface area contributed by atoms with Crippen LogP contribution in [0.4, 0.5) is 13.9 Å². The number of ketones is 1. The molecular weight excluding hydrogens is 394 g/mol. The fourth-order valence-electron chi connectivity index (χ4n) is 3.74. The number of nitrogens with one attached hydrogen (secondary N) is 2. The van der Waals surface area contributed by atoms with Crippen LogP contribution in [0.1, 0.15) is 30.9 Å². The van der Waals surface area contributed by atoms with E-state index in [2.05, 4.69) is 20.6 Å². The van der Waals surface area contributed by atoms with E-state index in [1.165, 1.54) is 23.5 Å². The van der Waals surface area contributed by atoms with E-state index in [4.69, 9.17) is 0 Å². The van der Waals surface area contributed by atoms with E-state index < -0.39 is 17.7 Å². The number of benzene rings is 2. The van der Waals surface area contributed by atoms with Gasteiger partial charge < -0.3 is 10.6 Å². The third-order valence-electron chi connectivity index (χ3n) is 4.98. The quantitative estimate of drug-likeness (QED) is 0.643. The molecule has 8 heteroatoms. The first-order valence-corrected chi connectivity index (χ1v) is 10.1. The molecule has 29 heavy (non-hydrogen) atoms. The Morgan fingerprint density at radius 1 is 1.10 bits per heavy atom. The summed E-state index contributed by atoms with van der Waals surface area (Å²) in [6.45, 7) is 0. The van der Waals surface area contributed by atoms with E-state index in [9.17, 15) is 13.6 Å². The van der Waals surface area contributed by atoms with Crippen molar-refractivity contribution in [3.05, 3.63) is 70.9 Å². The Bertz CT molecular complexity index is 1150. The number of hydrogen-bond acceptors (Lipinski definition) is 6. The zero-order chi connectivity index (χ0) is 20.0. The molecule has 0 spiro atoms. The Morgan fingerprint density at radius 2 is 1.90 bits per heavy atom. The Labute approximate surface area is 169 Å². The molecule has 2 aromatic carbocycles. The molecule has 0 saturated heterocycles. The minimum atomic E-state index is -0.763. The normalized spacial score (nSPS) is 19.0. The lowest BCUT2D eigenvalue weighted by atomic mass is 9.86. The summed E-state index contributed by atoms with van der Waals surface area (Å²) in [5.41, 5.74) is 2.41. The van der Waals surface area contributed by atoms with E-state index >= 15 is 0 Å². The molecular formula is C21H16F2N4OS. The number of allylic oxidation sites excluding steroid dienone is 1. The zero-order valence-corrected chi connectivity index (χ0v) is 16.0. The molecule has 5 nitrogen and oxygen atoms in total. The van der Waals surface area contributed by atoms with E-state index in [1.54, 1.807) is 0 Å². The zero-order valence-electron chi connectivity index (χ0n) is 15.2. The maximum atomic E-state index is 13.8. The van der Waals surface area contributed by atoms with Crippen molar-refractivity contribution in [2.75, 3.05) is 5.32 Å². The highest BCUT2D eigenvalue weighted by Crippen LogP contribution is 2.37. The maximum absolute atomic E-state index is 13.8. The van der Waals surface area contributed by atoms with E-state index in [1.807, 2.05) is 24.3 Å². The molecule has 2 heterocycles. The number of fused-ring (bicyclic) bond motifs is 1. The highest BCUT2D eigenvalue weighted by atomic mass is 32.1. The van der Waals surface area contributed by atoms with Crippen molar-refractivity contribution in [2.45, 2.75) is 25.3 Å². The second kappa shape index (κ2) is 7.04. The van der Waals surface area contributed by atoms with E-state index in [-0.39, 0.29) is 5.78 Å². The standard InChI is InChI=1S/C21H16F2N4OS/c22-12-8-11(9-13(23)10-12)19-18-15(5-3-6-16(18)28)24-20(26-19)27-21-25-14-4-1-2-7-17(14)29-21/h1-2,4,7-10,19H,3,5-6H2,(H2,24,25,26,27). The molecule has 0 fully saturated rings. The Hall–Kier alpha value is -3.13. The summed E-state index contributed by atoms with van der Waals surface area (Å²) in [5, 5.41) is 6.99. The molecule has 1 atom stereocenters. The van der Waals surface area contributed by atoms with Crippen LogP contribution in [0.3, 0.4) is 0 Å². The molecule has 1 unspecified atom stereocenters. The molecule has 1 aliphatic heterocycles. The average Bonchev–Trinajstić information content (AvgIpc) is 3.09. The minimum absolute atomic E-state index is 0.0452. The summed E-state index contributed by atoms with van der Waals surface area (Å²) >= 11 is 1.48. The van der Waals surface area contributed by atoms with E-state index in [0.29, 0.717) is 35.1 Å². The highest BCUT2D eigenvalue weighted by molar-refractivity contribution is 7.22. The van der Waals surface area contributed by atoms with Crippen molar-refractivity contribution in [3.63, 3.8) is 0 Å². The van der Waals surface area contributed by atoms with Gasteiger partial charge in [-0.05, 0) is 42.7 Å². The highest BCUT2D eigenvalue weighted by Gasteiger charge is 2.33. The minimum Gasteiger partial charge on any atom is -0.329 e. The number of guanidine groups is 1. The summed E-state index contributed by atoms with van der Waals surface area (Å²) in [6.07, 6.45) is 1.81. The SMILES string of the molecule is O=C1CCCC2=C1C(c1cc(F)cc(F)c1)N=C(Nc1nc3ccccc3s1)N2. The van der Waals surface area contributed by atoms with Gasteiger partial charge in [-0.3, -0.25) is 4.79 Å². The second-order valence-electron chi connectivity index (χ2n) is 6.99. The van der Waals surface area contributed by atoms with Crippen molar-refractivity contribution in [2.24, 2.45) is 4.99 Å². The molecule has 0 amide bonds. The maximum Gasteiger partial charge on any atom is 0.202 e. The second-order valence-corrected chi connectivity index (χ2v) is 8.02. The number of halogens is 2. The van der Waals surface area contributed by atoms with Gasteiger partial charge >= 0.3 is 0 Å². The average molecular weight is 410 g/mol. The molecule has 3 aromatic rings. The number of anilines is 1. The third kappa shape index (κ3) is 3.40. The summed E-state index contributed by atoms with van der Waals surface area (Å²) < 4.78 is 28.7. The summed E-state index contributed by atoms with van der Waals surface area (Å²) in [5.74, 6) is -1.02. The molecule has 0 bridgehead atoms. The number of aromatic nitrogens is 1. The molecule has 0 saturated carbocycles. The van der Waals surface area contributed by atoms with Gasteiger partial charge in [0.15, 0.2) is 10.9 Å². The molecule has 146 valence electrons. The van der Waals surface area contributed by atoms with Crippen LogP contribution >= 0.6 is 11.3 Å². The lowest BCUT2D eigenvalue weighted by molar-refractivity contribution is -0.116. The van der Waals surface area contributed by atoms with Crippen LogP contribution in [0.15, 0.2) is 58.7 Å². The number of rotatable bonds is 2. The number of thiazole rings is 1. The van der Waals surface area contributed by atoms with Crippen molar-refractivity contribution >= 4 is 38.4 Å². The number of carbonyl (C=O) groups excluding carboxylic acids is 1. The van der Waals surface area contributed by atoms with Crippen LogP contribution in [0.2, 0.25) is 0 Å². The number of para-hydroxylation sites is 1. The fourth-order valence-corrected chi connectivity index (χ4v) is 4.61. The van der Waals surface area contributed by atoms with Crippen LogP contribution in [0.25, 0.3) is 10.2 Å². The smallest absolute Gasteiger partial charge is 0.202 e. The molecule has 1 aliphatic carbocycles. The summed E-state index contributed by atoms with van der Waals surface area (Å²) in [4.78, 5) is 21.7. The van der Waals surface area contributed by atoms with E-state index in [0.717, 1.165) is 28.4 Å². The van der Waals surface area contributed by atoms with Gasteiger partial charge in [-0.1, -0.05) is 23.5 Å². The number of aliphatic imine (C=N–C) groups is 1. The largest absolute Gasteiger partial charge is 0.329 e. The Morgan fingerprint density at radius 3 is 2.69 bits per heavy atom. The first-order chi connectivity index (χ1) is 14.1. The van der Waals surface area contributed by atoms with Crippen LogP contribution < -0.4 is 10.6 Å². The van der Waals surface area contributed by atoms with Crippen LogP contribution in [0, 0.1) is 11.6 Å². The topological polar surface area (TPSA) is 66.4 Å². The molecule has 1 aromatic heterocycles. The van der Waals surface area contributed by atoms with Crippen LogP contribution in [-0.4, -0.2) is 16.7 Å². The first kappa shape index (κ1) is 17.9. The van der Waals surface area contributed by atoms with Gasteiger partial charge in [0, 0.05) is 23.8 Å². The number of hydrogen-bond donors (Lipinski definition) is 2. The first-order valence-electron chi connectivity index (χ1n) is 9.26. The van der Waals surface area contributed by atoms with Crippen molar-refractivity contribution in [1.82, 2.24) is 10.3 Å². The van der Waals surface area contributed by atoms with Crippen molar-refractivity contribution in [3.8, 4) is 0 Å². The lowest BCUT2D eigenvalue weighted by Crippen LogP contribution is -2.38. The lowest BCUT2D eigenvalue weighted by Gasteiger charge is -2.30. The van der Waals surface area contributed by atoms with Crippen LogP contribution in [-0.2, 0) is 4.79 Å². The van der Waals surface area contributed by atoms with Crippen molar-refractivity contribution < 1.29 is 13.6 Å². The molecule has 5 rings (SSSR count). The van der Waals surface area contributed by atoms with Gasteiger partial charge in [0.25, 0.3) is 0 Å². The summed E-state index contributed by atoms with van der Waals surface area (Å²) in [7, 11) is 0. The Kier molecular flexibility index (Phi) is 4.35. The predicted molar refractivity (Wildman–Crippen MR) is 109 cm³/mol. The fraction of sp³-hybridized carbons (Fsp3) is 0.190. The molecule has 0 radical (unpaired) electrons. The number of Topliss-reactive ketones (excluding diaryl/α,β-unsaturated/α-hetero) is 1. The number of carbonyl (C=O) groups is 1. The van der Waals surface area contributed by atoms with Gasteiger partial charge in [0.05, 0.1) is 10.2 Å².